The van der Waals surface area contributed by atoms with Crippen LogP contribution >= 0.6 is 0 Å². The molecule has 1 unspecified atom stereocenters. The molecule has 0 saturated carbocycles. The summed E-state index contributed by atoms with van der Waals surface area (Å²) in [4.78, 5) is 2.49. The Balaban J connectivity index is 1.79. The molecule has 1 N–H and O–H groups in total. The van der Waals surface area contributed by atoms with E-state index in [1.54, 1.807) is 0 Å². The molecule has 0 spiro atoms. The zero-order valence-electron chi connectivity index (χ0n) is 12.3. The topological polar surface area (TPSA) is 24.5 Å². The third-order valence-corrected chi connectivity index (χ3v) is 3.85. The number of benzene rings is 1. The van der Waals surface area contributed by atoms with Crippen LogP contribution < -0.4 is 5.32 Å². The molecule has 1 aliphatic rings. The van der Waals surface area contributed by atoms with Gasteiger partial charge in [0.2, 0.25) is 0 Å². The molecule has 2 rings (SSSR count). The summed E-state index contributed by atoms with van der Waals surface area (Å²) in [6.07, 6.45) is 0.308. The largest absolute Gasteiger partial charge is 0.374 e. The van der Waals surface area contributed by atoms with Crippen molar-refractivity contribution in [3.05, 3.63) is 35.9 Å². The predicted molar refractivity (Wildman–Crippen MR) is 79.3 cm³/mol. The van der Waals surface area contributed by atoms with Crippen LogP contribution in [0.5, 0.6) is 0 Å². The van der Waals surface area contributed by atoms with Gasteiger partial charge in [0.1, 0.15) is 0 Å². The maximum Gasteiger partial charge on any atom is 0.0827 e. The van der Waals surface area contributed by atoms with Crippen molar-refractivity contribution in [2.24, 2.45) is 0 Å². The van der Waals surface area contributed by atoms with Gasteiger partial charge in [-0.05, 0) is 26.3 Å². The molecule has 1 aromatic carbocycles. The minimum Gasteiger partial charge on any atom is -0.374 e. The van der Waals surface area contributed by atoms with Gasteiger partial charge in [0.25, 0.3) is 0 Å². The molecule has 3 nitrogen and oxygen atoms in total. The molecule has 1 aliphatic heterocycles. The van der Waals surface area contributed by atoms with E-state index in [1.807, 2.05) is 0 Å². The third-order valence-electron chi connectivity index (χ3n) is 3.85. The van der Waals surface area contributed by atoms with E-state index in [-0.39, 0.29) is 0 Å². The van der Waals surface area contributed by atoms with Crippen LogP contribution in [0.1, 0.15) is 32.4 Å². The molecule has 0 aliphatic carbocycles. The Morgan fingerprint density at radius 3 is 2.68 bits per heavy atom. The highest BCUT2D eigenvalue weighted by Crippen LogP contribution is 2.13. The first kappa shape index (κ1) is 14.5. The van der Waals surface area contributed by atoms with Crippen LogP contribution in [0.15, 0.2) is 30.3 Å². The van der Waals surface area contributed by atoms with Crippen molar-refractivity contribution in [2.45, 2.75) is 39.0 Å². The molecule has 1 aromatic rings. The Kier molecular flexibility index (Phi) is 5.37. The number of nitrogens with one attached hydrogen (secondary N) is 1. The van der Waals surface area contributed by atoms with Crippen molar-refractivity contribution in [3.8, 4) is 0 Å². The number of hydrogen-bond donors (Lipinski definition) is 1. The van der Waals surface area contributed by atoms with Crippen LogP contribution in [0.25, 0.3) is 0 Å². The SMILES string of the molecule is CC(C)N1CCOC(CN[C@H](C)c2ccccc2)C1. The zero-order chi connectivity index (χ0) is 13.7. The second kappa shape index (κ2) is 7.04. The van der Waals surface area contributed by atoms with Crippen LogP contribution in [-0.4, -0.2) is 43.3 Å². The van der Waals surface area contributed by atoms with E-state index in [9.17, 15) is 0 Å². The summed E-state index contributed by atoms with van der Waals surface area (Å²) in [5, 5.41) is 3.58. The molecular weight excluding hydrogens is 236 g/mol. The smallest absolute Gasteiger partial charge is 0.0827 e. The van der Waals surface area contributed by atoms with Crippen molar-refractivity contribution < 1.29 is 4.74 Å². The van der Waals surface area contributed by atoms with Gasteiger partial charge in [0.15, 0.2) is 0 Å². The number of rotatable bonds is 5. The van der Waals surface area contributed by atoms with Crippen LogP contribution in [0.3, 0.4) is 0 Å². The van der Waals surface area contributed by atoms with Gasteiger partial charge in [-0.1, -0.05) is 30.3 Å². The van der Waals surface area contributed by atoms with Gasteiger partial charge >= 0.3 is 0 Å². The molecule has 3 heteroatoms. The van der Waals surface area contributed by atoms with E-state index >= 15 is 0 Å². The van der Waals surface area contributed by atoms with E-state index in [0.717, 1.165) is 26.2 Å². The highest BCUT2D eigenvalue weighted by atomic mass is 16.5. The number of hydrogen-bond acceptors (Lipinski definition) is 3. The first-order valence-corrected chi connectivity index (χ1v) is 7.31. The molecule has 0 radical (unpaired) electrons. The van der Waals surface area contributed by atoms with Crippen molar-refractivity contribution in [1.29, 1.82) is 0 Å². The second-order valence-electron chi connectivity index (χ2n) is 5.62. The molecule has 1 saturated heterocycles. The summed E-state index contributed by atoms with van der Waals surface area (Å²) in [6, 6.07) is 11.5. The Hall–Kier alpha value is -0.900. The molecule has 2 atom stereocenters. The standard InChI is InChI=1S/C16H26N2O/c1-13(2)18-9-10-19-16(12-18)11-17-14(3)15-7-5-4-6-8-15/h4-8,13-14,16-17H,9-12H2,1-3H3/t14-,16?/m1/s1. The molecule has 0 amide bonds. The third kappa shape index (κ3) is 4.30. The summed E-state index contributed by atoms with van der Waals surface area (Å²) in [5.41, 5.74) is 1.33. The predicted octanol–water partition coefficient (Wildman–Crippen LogP) is 2.45. The lowest BCUT2D eigenvalue weighted by molar-refractivity contribution is -0.0379. The molecule has 19 heavy (non-hydrogen) atoms. The minimum atomic E-state index is 0.308. The van der Waals surface area contributed by atoms with E-state index in [0.29, 0.717) is 18.2 Å². The van der Waals surface area contributed by atoms with Gasteiger partial charge in [-0.15, -0.1) is 0 Å². The summed E-state index contributed by atoms with van der Waals surface area (Å²) < 4.78 is 5.84. The zero-order valence-corrected chi connectivity index (χ0v) is 12.3. The summed E-state index contributed by atoms with van der Waals surface area (Å²) in [6.45, 7) is 10.6. The lowest BCUT2D eigenvalue weighted by Crippen LogP contribution is -2.49. The molecule has 0 aromatic heterocycles. The Morgan fingerprint density at radius 1 is 1.26 bits per heavy atom. The number of nitrogens with zero attached hydrogens (tertiary/aromatic N) is 1. The van der Waals surface area contributed by atoms with Gasteiger partial charge in [0, 0.05) is 31.7 Å². The average molecular weight is 262 g/mol. The summed E-state index contributed by atoms with van der Waals surface area (Å²) >= 11 is 0. The fourth-order valence-electron chi connectivity index (χ4n) is 2.50. The van der Waals surface area contributed by atoms with E-state index in [1.165, 1.54) is 5.56 Å². The monoisotopic (exact) mass is 262 g/mol. The van der Waals surface area contributed by atoms with Crippen molar-refractivity contribution >= 4 is 0 Å². The fourth-order valence-corrected chi connectivity index (χ4v) is 2.50. The van der Waals surface area contributed by atoms with Crippen LogP contribution in [0.2, 0.25) is 0 Å². The van der Waals surface area contributed by atoms with Gasteiger partial charge < -0.3 is 10.1 Å². The van der Waals surface area contributed by atoms with Gasteiger partial charge in [-0.25, -0.2) is 0 Å². The number of morpholine rings is 1. The lowest BCUT2D eigenvalue weighted by atomic mass is 10.1. The first-order valence-electron chi connectivity index (χ1n) is 7.31. The van der Waals surface area contributed by atoms with Gasteiger partial charge in [-0.3, -0.25) is 4.90 Å². The second-order valence-corrected chi connectivity index (χ2v) is 5.62. The van der Waals surface area contributed by atoms with Crippen molar-refractivity contribution in [2.75, 3.05) is 26.2 Å². The Morgan fingerprint density at radius 2 is 2.00 bits per heavy atom. The van der Waals surface area contributed by atoms with E-state index < -0.39 is 0 Å². The average Bonchev–Trinajstić information content (AvgIpc) is 2.46. The summed E-state index contributed by atoms with van der Waals surface area (Å²) in [5.74, 6) is 0. The number of ether oxygens (including phenoxy) is 1. The first-order chi connectivity index (χ1) is 9.16. The van der Waals surface area contributed by atoms with Crippen LogP contribution in [0.4, 0.5) is 0 Å². The van der Waals surface area contributed by atoms with Crippen molar-refractivity contribution in [1.82, 2.24) is 10.2 Å². The maximum absolute atomic E-state index is 5.84. The van der Waals surface area contributed by atoms with Crippen LogP contribution in [-0.2, 0) is 4.74 Å². The quantitative estimate of drug-likeness (QED) is 0.882. The maximum atomic E-state index is 5.84. The van der Waals surface area contributed by atoms with E-state index in [4.69, 9.17) is 4.74 Å². The summed E-state index contributed by atoms with van der Waals surface area (Å²) in [7, 11) is 0. The van der Waals surface area contributed by atoms with Crippen LogP contribution in [0, 0.1) is 0 Å². The van der Waals surface area contributed by atoms with Gasteiger partial charge in [0.05, 0.1) is 12.7 Å². The molecule has 106 valence electrons. The lowest BCUT2D eigenvalue weighted by Gasteiger charge is -2.36. The fraction of sp³-hybridized carbons (Fsp3) is 0.625. The van der Waals surface area contributed by atoms with E-state index in [2.05, 4.69) is 61.3 Å². The molecular formula is C16H26N2O. The molecule has 1 fully saturated rings. The van der Waals surface area contributed by atoms with Gasteiger partial charge in [-0.2, -0.15) is 0 Å². The minimum absolute atomic E-state index is 0.308. The normalized spacial score (nSPS) is 22.6. The molecule has 0 bridgehead atoms. The van der Waals surface area contributed by atoms with Crippen molar-refractivity contribution in [3.63, 3.8) is 0 Å². The Labute approximate surface area is 116 Å². The molecule has 1 heterocycles. The Bertz CT molecular complexity index is 366. The highest BCUT2D eigenvalue weighted by molar-refractivity contribution is 5.18. The highest BCUT2D eigenvalue weighted by Gasteiger charge is 2.22.